The molecule has 2 aromatic heterocycles. The van der Waals surface area contributed by atoms with Gasteiger partial charge in [-0.25, -0.2) is 14.8 Å². The number of carbonyl (C=O) groups is 1. The Labute approximate surface area is 133 Å². The van der Waals surface area contributed by atoms with Crippen LogP contribution in [0, 0.1) is 13.8 Å². The average molecular weight is 323 g/mol. The lowest BCUT2D eigenvalue weighted by Crippen LogP contribution is -2.19. The molecule has 0 aliphatic rings. The summed E-state index contributed by atoms with van der Waals surface area (Å²) in [5.41, 5.74) is 0.853. The SMILES string of the molecule is CCOC(=O)c1sc2nc(C)nc(NCC(C)OC)c2c1C. The van der Waals surface area contributed by atoms with Crippen LogP contribution in [0.5, 0.6) is 0 Å². The van der Waals surface area contributed by atoms with Crippen LogP contribution in [0.4, 0.5) is 5.82 Å². The quantitative estimate of drug-likeness (QED) is 0.824. The molecule has 2 rings (SSSR count). The number of thiophene rings is 1. The van der Waals surface area contributed by atoms with Gasteiger partial charge in [0.25, 0.3) is 0 Å². The number of carbonyl (C=O) groups excluding carboxylic acids is 1. The molecule has 0 radical (unpaired) electrons. The molecule has 1 unspecified atom stereocenters. The fourth-order valence-corrected chi connectivity index (χ4v) is 3.21. The number of anilines is 1. The predicted molar refractivity (Wildman–Crippen MR) is 87.8 cm³/mol. The molecule has 1 atom stereocenters. The summed E-state index contributed by atoms with van der Waals surface area (Å²) in [6, 6.07) is 0. The monoisotopic (exact) mass is 323 g/mol. The third-order valence-corrected chi connectivity index (χ3v) is 4.49. The molecule has 2 aromatic rings. The van der Waals surface area contributed by atoms with Crippen LogP contribution < -0.4 is 5.32 Å². The number of aromatic nitrogens is 2. The van der Waals surface area contributed by atoms with Crippen LogP contribution in [0.1, 0.15) is 34.9 Å². The number of rotatable bonds is 6. The van der Waals surface area contributed by atoms with Crippen molar-refractivity contribution >= 4 is 33.3 Å². The van der Waals surface area contributed by atoms with Crippen molar-refractivity contribution in [3.8, 4) is 0 Å². The molecular weight excluding hydrogens is 302 g/mol. The van der Waals surface area contributed by atoms with Crippen LogP contribution in [-0.4, -0.2) is 42.3 Å². The van der Waals surface area contributed by atoms with Gasteiger partial charge in [0.1, 0.15) is 21.3 Å². The summed E-state index contributed by atoms with van der Waals surface area (Å²) in [6.07, 6.45) is 0.0637. The Balaban J connectivity index is 2.45. The zero-order valence-corrected chi connectivity index (χ0v) is 14.3. The summed E-state index contributed by atoms with van der Waals surface area (Å²) >= 11 is 1.34. The number of ether oxygens (including phenoxy) is 2. The van der Waals surface area contributed by atoms with Gasteiger partial charge in [0.2, 0.25) is 0 Å². The molecule has 7 heteroatoms. The van der Waals surface area contributed by atoms with Gasteiger partial charge in [-0.1, -0.05) is 0 Å². The zero-order valence-electron chi connectivity index (χ0n) is 13.5. The second-order valence-electron chi connectivity index (χ2n) is 5.00. The van der Waals surface area contributed by atoms with E-state index >= 15 is 0 Å². The number of fused-ring (bicyclic) bond motifs is 1. The van der Waals surface area contributed by atoms with E-state index in [1.807, 2.05) is 20.8 Å². The molecular formula is C15H21N3O3S. The van der Waals surface area contributed by atoms with E-state index in [0.29, 0.717) is 23.9 Å². The van der Waals surface area contributed by atoms with Crippen molar-refractivity contribution in [2.24, 2.45) is 0 Å². The van der Waals surface area contributed by atoms with Gasteiger partial charge in [-0.05, 0) is 33.3 Å². The van der Waals surface area contributed by atoms with E-state index in [1.54, 1.807) is 14.0 Å². The zero-order chi connectivity index (χ0) is 16.3. The number of aryl methyl sites for hydroxylation is 2. The van der Waals surface area contributed by atoms with Crippen LogP contribution >= 0.6 is 11.3 Å². The highest BCUT2D eigenvalue weighted by atomic mass is 32.1. The lowest BCUT2D eigenvalue weighted by Gasteiger charge is -2.12. The van der Waals surface area contributed by atoms with Gasteiger partial charge in [0, 0.05) is 13.7 Å². The largest absolute Gasteiger partial charge is 0.462 e. The predicted octanol–water partition coefficient (Wildman–Crippen LogP) is 2.93. The number of hydrogen-bond donors (Lipinski definition) is 1. The Morgan fingerprint density at radius 1 is 1.36 bits per heavy atom. The van der Waals surface area contributed by atoms with E-state index in [9.17, 15) is 4.79 Å². The van der Waals surface area contributed by atoms with Crippen molar-refractivity contribution in [1.82, 2.24) is 9.97 Å². The van der Waals surface area contributed by atoms with E-state index in [4.69, 9.17) is 9.47 Å². The van der Waals surface area contributed by atoms with Crippen molar-refractivity contribution in [2.75, 3.05) is 25.6 Å². The number of esters is 1. The van der Waals surface area contributed by atoms with E-state index in [0.717, 1.165) is 21.6 Å². The van der Waals surface area contributed by atoms with Crippen molar-refractivity contribution in [3.05, 3.63) is 16.3 Å². The third-order valence-electron chi connectivity index (χ3n) is 3.32. The Kier molecular flexibility index (Phi) is 5.31. The first kappa shape index (κ1) is 16.6. The molecule has 6 nitrogen and oxygen atoms in total. The summed E-state index contributed by atoms with van der Waals surface area (Å²) in [6.45, 7) is 8.49. The minimum Gasteiger partial charge on any atom is -0.462 e. The van der Waals surface area contributed by atoms with Crippen LogP contribution in [0.2, 0.25) is 0 Å². The Bertz CT molecular complexity index is 684. The third kappa shape index (κ3) is 3.36. The highest BCUT2D eigenvalue weighted by Gasteiger charge is 2.21. The first-order valence-corrected chi connectivity index (χ1v) is 8.01. The number of nitrogens with zero attached hydrogens (tertiary/aromatic N) is 2. The highest BCUT2D eigenvalue weighted by Crippen LogP contribution is 2.34. The molecule has 0 spiro atoms. The smallest absolute Gasteiger partial charge is 0.348 e. The van der Waals surface area contributed by atoms with E-state index < -0.39 is 0 Å². The minimum absolute atomic E-state index is 0.0637. The molecule has 0 aliphatic heterocycles. The fourth-order valence-electron chi connectivity index (χ4n) is 2.09. The first-order chi connectivity index (χ1) is 10.5. The van der Waals surface area contributed by atoms with Crippen molar-refractivity contribution in [1.29, 1.82) is 0 Å². The summed E-state index contributed by atoms with van der Waals surface area (Å²) in [5, 5.41) is 4.16. The van der Waals surface area contributed by atoms with Crippen molar-refractivity contribution < 1.29 is 14.3 Å². The molecule has 120 valence electrons. The van der Waals surface area contributed by atoms with Gasteiger partial charge in [-0.15, -0.1) is 11.3 Å². The summed E-state index contributed by atoms with van der Waals surface area (Å²) in [5.74, 6) is 1.09. The van der Waals surface area contributed by atoms with Crippen molar-refractivity contribution in [2.45, 2.75) is 33.8 Å². The van der Waals surface area contributed by atoms with Gasteiger partial charge >= 0.3 is 5.97 Å². The Hall–Kier alpha value is -1.73. The molecule has 0 bridgehead atoms. The van der Waals surface area contributed by atoms with Gasteiger partial charge in [-0.2, -0.15) is 0 Å². The van der Waals surface area contributed by atoms with Crippen molar-refractivity contribution in [3.63, 3.8) is 0 Å². The summed E-state index contributed by atoms with van der Waals surface area (Å²) < 4.78 is 10.3. The van der Waals surface area contributed by atoms with E-state index in [2.05, 4.69) is 15.3 Å². The van der Waals surface area contributed by atoms with E-state index in [1.165, 1.54) is 11.3 Å². The van der Waals surface area contributed by atoms with Gasteiger partial charge in [-0.3, -0.25) is 0 Å². The second kappa shape index (κ2) is 7.02. The van der Waals surface area contributed by atoms with Crippen LogP contribution in [0.15, 0.2) is 0 Å². The molecule has 0 saturated carbocycles. The first-order valence-electron chi connectivity index (χ1n) is 7.19. The molecule has 22 heavy (non-hydrogen) atoms. The average Bonchev–Trinajstić information content (AvgIpc) is 2.81. The fraction of sp³-hybridized carbons (Fsp3) is 0.533. The van der Waals surface area contributed by atoms with Gasteiger partial charge < -0.3 is 14.8 Å². The van der Waals surface area contributed by atoms with Gasteiger partial charge in [0.15, 0.2) is 0 Å². The Morgan fingerprint density at radius 3 is 2.73 bits per heavy atom. The molecule has 0 fully saturated rings. The molecule has 0 aromatic carbocycles. The summed E-state index contributed by atoms with van der Waals surface area (Å²) in [4.78, 5) is 22.3. The molecule has 0 amide bonds. The lowest BCUT2D eigenvalue weighted by atomic mass is 10.2. The molecule has 0 saturated heterocycles. The normalized spacial score (nSPS) is 12.4. The second-order valence-corrected chi connectivity index (χ2v) is 6.00. The maximum Gasteiger partial charge on any atom is 0.348 e. The standard InChI is InChI=1S/C15H21N3O3S/c1-6-21-15(19)12-9(3)11-13(16-7-8(2)20-5)17-10(4)18-14(11)22-12/h8H,6-7H2,1-5H3,(H,16,17,18). The van der Waals surface area contributed by atoms with Crippen LogP contribution in [0.25, 0.3) is 10.2 Å². The topological polar surface area (TPSA) is 73.3 Å². The number of nitrogens with one attached hydrogen (secondary N) is 1. The maximum absolute atomic E-state index is 12.0. The molecule has 2 heterocycles. The van der Waals surface area contributed by atoms with E-state index in [-0.39, 0.29) is 12.1 Å². The maximum atomic E-state index is 12.0. The lowest BCUT2D eigenvalue weighted by molar-refractivity contribution is 0.0531. The van der Waals surface area contributed by atoms with Gasteiger partial charge in [0.05, 0.1) is 18.1 Å². The molecule has 1 N–H and O–H groups in total. The summed E-state index contributed by atoms with van der Waals surface area (Å²) in [7, 11) is 1.67. The number of methoxy groups -OCH3 is 1. The molecule has 0 aliphatic carbocycles. The Morgan fingerprint density at radius 2 is 2.09 bits per heavy atom. The minimum atomic E-state index is -0.308. The number of hydrogen-bond acceptors (Lipinski definition) is 7. The van der Waals surface area contributed by atoms with Crippen LogP contribution in [0.3, 0.4) is 0 Å². The van der Waals surface area contributed by atoms with Crippen LogP contribution in [-0.2, 0) is 9.47 Å². The highest BCUT2D eigenvalue weighted by molar-refractivity contribution is 7.20.